The van der Waals surface area contributed by atoms with Crippen molar-refractivity contribution in [1.82, 2.24) is 0 Å². The summed E-state index contributed by atoms with van der Waals surface area (Å²) in [5.41, 5.74) is 0. The predicted molar refractivity (Wildman–Crippen MR) is 80.2 cm³/mol. The first-order valence-corrected chi connectivity index (χ1v) is 8.72. The zero-order chi connectivity index (χ0) is 15.2. The van der Waals surface area contributed by atoms with Crippen LogP contribution in [0, 0.1) is 0 Å². The van der Waals surface area contributed by atoms with Gasteiger partial charge in [0.2, 0.25) is 0 Å². The number of benzene rings is 1. The topological polar surface area (TPSA) is 52.6 Å². The van der Waals surface area contributed by atoms with E-state index in [1.165, 1.54) is 18.2 Å². The number of hydrogen-bond acceptors (Lipinski definition) is 4. The lowest BCUT2D eigenvalue weighted by molar-refractivity contribution is -0.136. The van der Waals surface area contributed by atoms with Crippen molar-refractivity contribution in [3.05, 3.63) is 28.2 Å². The van der Waals surface area contributed by atoms with Gasteiger partial charge in [-0.25, -0.2) is 8.42 Å². The number of rotatable bonds is 8. The van der Waals surface area contributed by atoms with Crippen LogP contribution in [-0.4, -0.2) is 33.7 Å². The fraction of sp³-hybridized carbons (Fsp3) is 0.538. The third kappa shape index (κ3) is 5.22. The number of ether oxygens (including phenoxy) is 2. The largest absolute Gasteiger partial charge is 0.353 e. The highest BCUT2D eigenvalue weighted by molar-refractivity contribution is 7.91. The van der Waals surface area contributed by atoms with Crippen molar-refractivity contribution in [3.8, 4) is 0 Å². The Morgan fingerprint density at radius 1 is 1.10 bits per heavy atom. The van der Waals surface area contributed by atoms with Gasteiger partial charge in [0.25, 0.3) is 0 Å². The van der Waals surface area contributed by atoms with Crippen molar-refractivity contribution < 1.29 is 17.9 Å². The summed E-state index contributed by atoms with van der Waals surface area (Å²) in [7, 11) is -3.43. The lowest BCUT2D eigenvalue weighted by atomic mass is 10.4. The van der Waals surface area contributed by atoms with E-state index in [0.717, 1.165) is 0 Å². The fourth-order valence-electron chi connectivity index (χ4n) is 1.63. The molecule has 0 aliphatic rings. The molecule has 0 saturated carbocycles. The van der Waals surface area contributed by atoms with Crippen LogP contribution in [0.2, 0.25) is 10.0 Å². The first kappa shape index (κ1) is 17.7. The molecule has 0 aromatic heterocycles. The Morgan fingerprint density at radius 3 is 2.20 bits per heavy atom. The van der Waals surface area contributed by atoms with Gasteiger partial charge in [-0.15, -0.1) is 0 Å². The summed E-state index contributed by atoms with van der Waals surface area (Å²) in [6.45, 7) is 4.61. The Kier molecular flexibility index (Phi) is 7.26. The predicted octanol–water partition coefficient (Wildman–Crippen LogP) is 3.56. The molecule has 0 amide bonds. The molecule has 0 radical (unpaired) electrons. The summed E-state index contributed by atoms with van der Waals surface area (Å²) < 4.78 is 35.0. The van der Waals surface area contributed by atoms with Gasteiger partial charge >= 0.3 is 0 Å². The van der Waals surface area contributed by atoms with Gasteiger partial charge in [-0.05, 0) is 32.0 Å². The molecule has 1 aromatic carbocycles. The van der Waals surface area contributed by atoms with Crippen LogP contribution in [0.25, 0.3) is 0 Å². The molecule has 0 fully saturated rings. The van der Waals surface area contributed by atoms with Gasteiger partial charge < -0.3 is 9.47 Å². The van der Waals surface area contributed by atoms with E-state index in [1.807, 2.05) is 13.8 Å². The summed E-state index contributed by atoms with van der Waals surface area (Å²) in [4.78, 5) is 0.152. The summed E-state index contributed by atoms with van der Waals surface area (Å²) in [6, 6.07) is 4.27. The Hall–Kier alpha value is -0.330. The highest BCUT2D eigenvalue weighted by Crippen LogP contribution is 2.25. The van der Waals surface area contributed by atoms with Crippen LogP contribution in [0.15, 0.2) is 23.1 Å². The third-order valence-electron chi connectivity index (χ3n) is 2.58. The van der Waals surface area contributed by atoms with E-state index in [1.54, 1.807) is 0 Å². The highest BCUT2D eigenvalue weighted by Gasteiger charge is 2.19. The Labute approximate surface area is 129 Å². The second kappa shape index (κ2) is 8.20. The Bertz CT molecular complexity index is 525. The monoisotopic (exact) mass is 340 g/mol. The lowest BCUT2D eigenvalue weighted by Crippen LogP contribution is -2.21. The molecule has 0 saturated heterocycles. The number of sulfone groups is 1. The summed E-state index contributed by atoms with van der Waals surface area (Å²) in [5, 5.41) is 0.547. The molecule has 0 aliphatic carbocycles. The third-order valence-corrected chi connectivity index (χ3v) is 5.06. The van der Waals surface area contributed by atoms with Gasteiger partial charge in [-0.2, -0.15) is 0 Å². The van der Waals surface area contributed by atoms with Crippen molar-refractivity contribution in [3.63, 3.8) is 0 Å². The van der Waals surface area contributed by atoms with Gasteiger partial charge in [0, 0.05) is 19.6 Å². The van der Waals surface area contributed by atoms with Crippen LogP contribution in [0.5, 0.6) is 0 Å². The van der Waals surface area contributed by atoms with Crippen molar-refractivity contribution in [1.29, 1.82) is 0 Å². The average molecular weight is 341 g/mol. The first-order valence-electron chi connectivity index (χ1n) is 6.31. The van der Waals surface area contributed by atoms with Gasteiger partial charge in [0.15, 0.2) is 16.1 Å². The second-order valence-electron chi connectivity index (χ2n) is 4.02. The molecule has 0 bridgehead atoms. The van der Waals surface area contributed by atoms with Crippen molar-refractivity contribution in [2.45, 2.75) is 31.5 Å². The Morgan fingerprint density at radius 2 is 1.70 bits per heavy atom. The van der Waals surface area contributed by atoms with Gasteiger partial charge in [-0.1, -0.05) is 23.2 Å². The van der Waals surface area contributed by atoms with E-state index in [4.69, 9.17) is 32.7 Å². The maximum Gasteiger partial charge on any atom is 0.178 e. The standard InChI is InChI=1S/C13H18Cl2O4S/c1-3-18-13(19-4-2)7-8-20(16,17)10-5-6-11(14)12(15)9-10/h5-6,9,13H,3-4,7-8H2,1-2H3. The lowest BCUT2D eigenvalue weighted by Gasteiger charge is -2.16. The minimum Gasteiger partial charge on any atom is -0.353 e. The van der Waals surface area contributed by atoms with Crippen LogP contribution in [0.3, 0.4) is 0 Å². The van der Waals surface area contributed by atoms with E-state index in [2.05, 4.69) is 0 Å². The molecular weight excluding hydrogens is 323 g/mol. The van der Waals surface area contributed by atoms with Crippen LogP contribution < -0.4 is 0 Å². The van der Waals surface area contributed by atoms with Crippen molar-refractivity contribution in [2.24, 2.45) is 0 Å². The molecule has 20 heavy (non-hydrogen) atoms. The van der Waals surface area contributed by atoms with Crippen LogP contribution in [0.4, 0.5) is 0 Å². The molecule has 0 atom stereocenters. The maximum atomic E-state index is 12.2. The number of halogens is 2. The SMILES string of the molecule is CCOC(CCS(=O)(=O)c1ccc(Cl)c(Cl)c1)OCC. The first-order chi connectivity index (χ1) is 9.40. The molecule has 7 heteroatoms. The van der Waals surface area contributed by atoms with Crippen LogP contribution >= 0.6 is 23.2 Å². The number of hydrogen-bond donors (Lipinski definition) is 0. The summed E-state index contributed by atoms with van der Waals surface area (Å²) >= 11 is 11.6. The Balaban J connectivity index is 2.75. The summed E-state index contributed by atoms with van der Waals surface area (Å²) in [5.74, 6) is -0.0738. The molecule has 0 N–H and O–H groups in total. The molecule has 0 spiro atoms. The van der Waals surface area contributed by atoms with Crippen LogP contribution in [-0.2, 0) is 19.3 Å². The minimum atomic E-state index is -3.43. The zero-order valence-electron chi connectivity index (χ0n) is 11.4. The quantitative estimate of drug-likeness (QED) is 0.679. The highest BCUT2D eigenvalue weighted by atomic mass is 35.5. The van der Waals surface area contributed by atoms with Crippen LogP contribution in [0.1, 0.15) is 20.3 Å². The van der Waals surface area contributed by atoms with Gasteiger partial charge in [0.1, 0.15) is 0 Å². The summed E-state index contributed by atoms with van der Waals surface area (Å²) in [6.07, 6.45) is -0.243. The van der Waals surface area contributed by atoms with E-state index < -0.39 is 16.1 Å². The molecule has 0 aliphatic heterocycles. The molecule has 1 aromatic rings. The molecule has 0 unspecified atom stereocenters. The van der Waals surface area contributed by atoms with E-state index in [9.17, 15) is 8.42 Å². The van der Waals surface area contributed by atoms with E-state index >= 15 is 0 Å². The van der Waals surface area contributed by atoms with E-state index in [-0.39, 0.29) is 22.1 Å². The maximum absolute atomic E-state index is 12.2. The second-order valence-corrected chi connectivity index (χ2v) is 6.95. The molecule has 0 heterocycles. The van der Waals surface area contributed by atoms with E-state index in [0.29, 0.717) is 18.2 Å². The van der Waals surface area contributed by atoms with Gasteiger partial charge in [0.05, 0.1) is 20.7 Å². The molecule has 114 valence electrons. The van der Waals surface area contributed by atoms with Gasteiger partial charge in [-0.3, -0.25) is 0 Å². The smallest absolute Gasteiger partial charge is 0.178 e. The van der Waals surface area contributed by atoms with Crippen molar-refractivity contribution >= 4 is 33.0 Å². The fourth-order valence-corrected chi connectivity index (χ4v) is 3.30. The molecular formula is C13H18Cl2O4S. The zero-order valence-corrected chi connectivity index (χ0v) is 13.8. The minimum absolute atomic E-state index is 0.0738. The average Bonchev–Trinajstić information content (AvgIpc) is 2.39. The van der Waals surface area contributed by atoms with Crippen molar-refractivity contribution in [2.75, 3.05) is 19.0 Å². The molecule has 1 rings (SSSR count). The molecule has 4 nitrogen and oxygen atoms in total. The normalized spacial score (nSPS) is 12.1.